The fourth-order valence-corrected chi connectivity index (χ4v) is 1.31. The predicted octanol–water partition coefficient (Wildman–Crippen LogP) is -1.39. The minimum absolute atomic E-state index is 0.981. The molecule has 2 heteroatoms. The van der Waals surface area contributed by atoms with Crippen LogP contribution in [0.3, 0.4) is 0 Å². The average Bonchev–Trinajstić information content (AvgIpc) is 2.05. The third-order valence-electron chi connectivity index (χ3n) is 1.85. The third kappa shape index (κ3) is 0.907. The highest BCUT2D eigenvalue weighted by Crippen LogP contribution is 2.01. The summed E-state index contributed by atoms with van der Waals surface area (Å²) in [5.74, 6) is 0. The summed E-state index contributed by atoms with van der Waals surface area (Å²) >= 11 is 0. The molecule has 0 aliphatic carbocycles. The summed E-state index contributed by atoms with van der Waals surface area (Å²) in [6, 6.07) is 0. The normalized spacial score (nSPS) is 23.2. The van der Waals surface area contributed by atoms with Crippen LogP contribution in [0, 0.1) is 0 Å². The standard InChI is InChI=1S/C8H10N2/c1-2-7-3-5-9-6-8(7)10-4-1/h1-3,9H,4-6H2/p+1. The topological polar surface area (TPSA) is 26.0 Å². The molecular weight excluding hydrogens is 124 g/mol. The lowest BCUT2D eigenvalue weighted by atomic mass is 10.1. The molecule has 0 saturated carbocycles. The molecule has 2 rings (SSSR count). The fourth-order valence-electron chi connectivity index (χ4n) is 1.31. The van der Waals surface area contributed by atoms with Crippen LogP contribution < -0.4 is 10.3 Å². The van der Waals surface area contributed by atoms with Crippen LogP contribution in [0.5, 0.6) is 0 Å². The van der Waals surface area contributed by atoms with Gasteiger partial charge in [0, 0.05) is 12.1 Å². The van der Waals surface area contributed by atoms with Gasteiger partial charge in [-0.15, -0.1) is 0 Å². The van der Waals surface area contributed by atoms with Crippen molar-refractivity contribution in [2.24, 2.45) is 0 Å². The minimum Gasteiger partial charge on any atom is -0.304 e. The number of fused-ring (bicyclic) bond motifs is 1. The maximum absolute atomic E-state index is 3.32. The highest BCUT2D eigenvalue weighted by atomic mass is 14.9. The molecule has 0 amide bonds. The second-order valence-corrected chi connectivity index (χ2v) is 2.55. The Morgan fingerprint density at radius 3 is 3.40 bits per heavy atom. The second-order valence-electron chi connectivity index (χ2n) is 2.55. The Kier molecular flexibility index (Phi) is 1.40. The maximum atomic E-state index is 3.32. The van der Waals surface area contributed by atoms with E-state index in [1.165, 1.54) is 11.3 Å². The molecular formula is C8H11N2+. The zero-order valence-corrected chi connectivity index (χ0v) is 5.85. The lowest BCUT2D eigenvalue weighted by molar-refractivity contribution is -0.446. The molecule has 2 N–H and O–H groups in total. The third-order valence-corrected chi connectivity index (χ3v) is 1.85. The van der Waals surface area contributed by atoms with E-state index in [0.717, 1.165) is 19.6 Å². The summed E-state index contributed by atoms with van der Waals surface area (Å²) < 4.78 is 0. The second kappa shape index (κ2) is 2.39. The van der Waals surface area contributed by atoms with Crippen LogP contribution in [0.15, 0.2) is 23.8 Å². The van der Waals surface area contributed by atoms with Gasteiger partial charge in [0.1, 0.15) is 0 Å². The van der Waals surface area contributed by atoms with Crippen molar-refractivity contribution >= 4 is 5.71 Å². The van der Waals surface area contributed by atoms with Crippen LogP contribution in [-0.2, 0) is 0 Å². The molecule has 10 heavy (non-hydrogen) atoms. The van der Waals surface area contributed by atoms with Gasteiger partial charge < -0.3 is 5.32 Å². The Hall–Kier alpha value is -0.890. The van der Waals surface area contributed by atoms with E-state index in [1.54, 1.807) is 0 Å². The van der Waals surface area contributed by atoms with Gasteiger partial charge in [0.05, 0.1) is 6.54 Å². The summed E-state index contributed by atoms with van der Waals surface area (Å²) in [6.45, 7) is 2.98. The van der Waals surface area contributed by atoms with Gasteiger partial charge in [-0.3, -0.25) is 0 Å². The molecule has 52 valence electrons. The van der Waals surface area contributed by atoms with Gasteiger partial charge in [0.15, 0.2) is 12.3 Å². The number of hydrogen-bond acceptors (Lipinski definition) is 1. The number of nitrogens with one attached hydrogen (secondary N) is 2. The molecule has 0 fully saturated rings. The van der Waals surface area contributed by atoms with Crippen LogP contribution in [0.1, 0.15) is 0 Å². The molecule has 0 aromatic rings. The van der Waals surface area contributed by atoms with E-state index in [-0.39, 0.29) is 0 Å². The first kappa shape index (κ1) is 5.86. The van der Waals surface area contributed by atoms with Gasteiger partial charge in [0.2, 0.25) is 0 Å². The summed E-state index contributed by atoms with van der Waals surface area (Å²) in [6.07, 6.45) is 6.55. The van der Waals surface area contributed by atoms with Gasteiger partial charge in [0.25, 0.3) is 0 Å². The van der Waals surface area contributed by atoms with Crippen LogP contribution >= 0.6 is 0 Å². The van der Waals surface area contributed by atoms with Crippen molar-refractivity contribution in [3.8, 4) is 0 Å². The van der Waals surface area contributed by atoms with Gasteiger partial charge in [-0.05, 0) is 12.2 Å². The first-order valence-electron chi connectivity index (χ1n) is 3.64. The zero-order chi connectivity index (χ0) is 6.81. The summed E-state index contributed by atoms with van der Waals surface area (Å²) in [5, 5.41) is 3.27. The molecule has 0 unspecified atom stereocenters. The first-order valence-corrected chi connectivity index (χ1v) is 3.64. The van der Waals surface area contributed by atoms with E-state index in [9.17, 15) is 0 Å². The van der Waals surface area contributed by atoms with Crippen molar-refractivity contribution in [1.82, 2.24) is 5.32 Å². The quantitative estimate of drug-likeness (QED) is 0.420. The SMILES string of the molecule is C1=CC2=CCNCC2=[NH+]C1. The summed E-state index contributed by atoms with van der Waals surface area (Å²) in [7, 11) is 0. The monoisotopic (exact) mass is 135 g/mol. The molecule has 0 spiro atoms. The van der Waals surface area contributed by atoms with Gasteiger partial charge in [-0.2, -0.15) is 0 Å². The number of rotatable bonds is 0. The van der Waals surface area contributed by atoms with Crippen molar-refractivity contribution in [3.05, 3.63) is 23.8 Å². The molecule has 0 atom stereocenters. The van der Waals surface area contributed by atoms with E-state index in [4.69, 9.17) is 0 Å². The molecule has 2 aliphatic heterocycles. The van der Waals surface area contributed by atoms with Crippen LogP contribution in [-0.4, -0.2) is 25.3 Å². The molecule has 0 aromatic heterocycles. The fraction of sp³-hybridized carbons (Fsp3) is 0.375. The number of allylic oxidation sites excluding steroid dienone is 1. The Labute approximate surface area is 60.3 Å². The highest BCUT2D eigenvalue weighted by molar-refractivity contribution is 6.00. The van der Waals surface area contributed by atoms with E-state index < -0.39 is 0 Å². The van der Waals surface area contributed by atoms with Crippen LogP contribution in [0.25, 0.3) is 0 Å². The molecule has 0 saturated heterocycles. The number of hydrogen-bond donors (Lipinski definition) is 2. The Balaban J connectivity index is 2.32. The minimum atomic E-state index is 0.981. The van der Waals surface area contributed by atoms with E-state index in [1.807, 2.05) is 0 Å². The van der Waals surface area contributed by atoms with Crippen molar-refractivity contribution < 1.29 is 4.99 Å². The first-order chi connectivity index (χ1) is 4.97. The van der Waals surface area contributed by atoms with Crippen molar-refractivity contribution in [2.45, 2.75) is 0 Å². The molecule has 2 aliphatic rings. The van der Waals surface area contributed by atoms with Crippen molar-refractivity contribution in [3.63, 3.8) is 0 Å². The van der Waals surface area contributed by atoms with Gasteiger partial charge in [-0.1, -0.05) is 6.08 Å². The lowest BCUT2D eigenvalue weighted by Gasteiger charge is -2.11. The largest absolute Gasteiger partial charge is 0.304 e. The van der Waals surface area contributed by atoms with Crippen LogP contribution in [0.2, 0.25) is 0 Å². The summed E-state index contributed by atoms with van der Waals surface area (Å²) in [5.41, 5.74) is 2.71. The Bertz CT molecular complexity index is 223. The van der Waals surface area contributed by atoms with Crippen LogP contribution in [0.4, 0.5) is 0 Å². The van der Waals surface area contributed by atoms with Crippen molar-refractivity contribution in [2.75, 3.05) is 19.6 Å². The van der Waals surface area contributed by atoms with Gasteiger partial charge >= 0.3 is 0 Å². The summed E-state index contributed by atoms with van der Waals surface area (Å²) in [4.78, 5) is 3.32. The zero-order valence-electron chi connectivity index (χ0n) is 5.85. The predicted molar refractivity (Wildman–Crippen MR) is 40.9 cm³/mol. The van der Waals surface area contributed by atoms with E-state index >= 15 is 0 Å². The smallest absolute Gasteiger partial charge is 0.195 e. The molecule has 0 aromatic carbocycles. The molecule has 0 bridgehead atoms. The van der Waals surface area contributed by atoms with E-state index in [2.05, 4.69) is 28.5 Å². The van der Waals surface area contributed by atoms with Gasteiger partial charge in [-0.25, -0.2) is 4.99 Å². The maximum Gasteiger partial charge on any atom is 0.195 e. The Morgan fingerprint density at radius 1 is 1.50 bits per heavy atom. The van der Waals surface area contributed by atoms with E-state index in [0.29, 0.717) is 0 Å². The molecule has 2 nitrogen and oxygen atoms in total. The lowest BCUT2D eigenvalue weighted by Crippen LogP contribution is -2.76. The average molecular weight is 135 g/mol. The Morgan fingerprint density at radius 2 is 2.50 bits per heavy atom. The van der Waals surface area contributed by atoms with Crippen molar-refractivity contribution in [1.29, 1.82) is 0 Å². The molecule has 0 radical (unpaired) electrons. The molecule has 2 heterocycles. The highest BCUT2D eigenvalue weighted by Gasteiger charge is 2.15.